The van der Waals surface area contributed by atoms with Gasteiger partial charge in [0.1, 0.15) is 0 Å². The van der Waals surface area contributed by atoms with Crippen LogP contribution in [0, 0.1) is 6.92 Å². The monoisotopic (exact) mass is 263 g/mol. The summed E-state index contributed by atoms with van der Waals surface area (Å²) in [7, 11) is 0. The van der Waals surface area contributed by atoms with E-state index in [2.05, 4.69) is 10.3 Å². The third-order valence-electron chi connectivity index (χ3n) is 3.06. The van der Waals surface area contributed by atoms with E-state index in [0.717, 1.165) is 11.3 Å². The van der Waals surface area contributed by atoms with Crippen LogP contribution in [0.25, 0.3) is 5.69 Å². The lowest BCUT2D eigenvalue weighted by atomic mass is 10.1. The number of ketones is 1. The smallest absolute Gasteiger partial charge is 0.214 e. The van der Waals surface area contributed by atoms with Crippen molar-refractivity contribution in [3.8, 4) is 5.69 Å². The van der Waals surface area contributed by atoms with Crippen molar-refractivity contribution in [3.05, 3.63) is 77.6 Å². The van der Waals surface area contributed by atoms with Gasteiger partial charge >= 0.3 is 0 Å². The van der Waals surface area contributed by atoms with E-state index < -0.39 is 0 Å². The predicted octanol–water partition coefficient (Wildman–Crippen LogP) is 2.81. The van der Waals surface area contributed by atoms with Crippen molar-refractivity contribution in [2.24, 2.45) is 0 Å². The molecule has 0 radical (unpaired) electrons. The average molecular weight is 263 g/mol. The summed E-state index contributed by atoms with van der Waals surface area (Å²) in [5.41, 5.74) is 2.96. The van der Waals surface area contributed by atoms with E-state index in [1.807, 2.05) is 49.4 Å². The number of hydrogen-bond donors (Lipinski definition) is 0. The van der Waals surface area contributed by atoms with Crippen molar-refractivity contribution >= 4 is 5.78 Å². The predicted molar refractivity (Wildman–Crippen MR) is 76.0 cm³/mol. The highest BCUT2D eigenvalue weighted by Crippen LogP contribution is 2.11. The first-order valence-corrected chi connectivity index (χ1v) is 6.33. The fourth-order valence-electron chi connectivity index (χ4n) is 1.93. The molecule has 0 atom stereocenters. The second-order valence-electron chi connectivity index (χ2n) is 4.58. The molecular formula is C16H13N3O. The molecule has 4 nitrogen and oxygen atoms in total. The Balaban J connectivity index is 1.90. The molecule has 1 aromatic heterocycles. The van der Waals surface area contributed by atoms with Crippen LogP contribution in [0.2, 0.25) is 0 Å². The lowest BCUT2D eigenvalue weighted by Crippen LogP contribution is -2.01. The second kappa shape index (κ2) is 5.09. The molecule has 0 aliphatic rings. The van der Waals surface area contributed by atoms with Gasteiger partial charge in [-0.25, -0.2) is 4.68 Å². The Morgan fingerprint density at radius 3 is 2.40 bits per heavy atom. The van der Waals surface area contributed by atoms with E-state index in [0.29, 0.717) is 11.3 Å². The molecule has 1 heterocycles. The van der Waals surface area contributed by atoms with Gasteiger partial charge in [-0.15, -0.1) is 5.10 Å². The fourth-order valence-corrected chi connectivity index (χ4v) is 1.93. The highest BCUT2D eigenvalue weighted by Gasteiger charge is 2.13. The average Bonchev–Trinajstić information content (AvgIpc) is 2.98. The number of aromatic nitrogens is 3. The Kier molecular flexibility index (Phi) is 3.13. The van der Waals surface area contributed by atoms with E-state index >= 15 is 0 Å². The van der Waals surface area contributed by atoms with Crippen molar-refractivity contribution in [1.82, 2.24) is 15.0 Å². The molecule has 0 aliphatic carbocycles. The number of aryl methyl sites for hydroxylation is 1. The summed E-state index contributed by atoms with van der Waals surface area (Å²) < 4.78 is 1.60. The minimum Gasteiger partial charge on any atom is -0.287 e. The number of rotatable bonds is 3. The van der Waals surface area contributed by atoms with E-state index in [9.17, 15) is 4.79 Å². The molecule has 0 amide bonds. The maximum atomic E-state index is 12.3. The summed E-state index contributed by atoms with van der Waals surface area (Å²) in [6, 6.07) is 17.0. The van der Waals surface area contributed by atoms with Gasteiger partial charge in [0.15, 0.2) is 5.69 Å². The van der Waals surface area contributed by atoms with Gasteiger partial charge in [0.2, 0.25) is 5.78 Å². The first-order chi connectivity index (χ1) is 9.74. The first-order valence-electron chi connectivity index (χ1n) is 6.33. The third kappa shape index (κ3) is 2.36. The number of hydrogen-bond acceptors (Lipinski definition) is 3. The van der Waals surface area contributed by atoms with Crippen LogP contribution in [0.1, 0.15) is 21.6 Å². The molecule has 20 heavy (non-hydrogen) atoms. The molecule has 98 valence electrons. The molecule has 0 N–H and O–H groups in total. The maximum Gasteiger partial charge on any atom is 0.214 e. The summed E-state index contributed by atoms with van der Waals surface area (Å²) in [5, 5.41) is 7.95. The second-order valence-corrected chi connectivity index (χ2v) is 4.58. The zero-order valence-electron chi connectivity index (χ0n) is 11.0. The minimum atomic E-state index is -0.118. The first kappa shape index (κ1) is 12.3. The fraction of sp³-hybridized carbons (Fsp3) is 0.0625. The van der Waals surface area contributed by atoms with Crippen LogP contribution >= 0.6 is 0 Å². The maximum absolute atomic E-state index is 12.3. The van der Waals surface area contributed by atoms with Crippen LogP contribution in [-0.2, 0) is 0 Å². The van der Waals surface area contributed by atoms with Crippen molar-refractivity contribution in [2.45, 2.75) is 6.92 Å². The van der Waals surface area contributed by atoms with E-state index in [4.69, 9.17) is 0 Å². The van der Waals surface area contributed by atoms with Crippen LogP contribution in [0.5, 0.6) is 0 Å². The highest BCUT2D eigenvalue weighted by atomic mass is 16.1. The van der Waals surface area contributed by atoms with Crippen molar-refractivity contribution < 1.29 is 4.79 Å². The molecule has 3 aromatic rings. The highest BCUT2D eigenvalue weighted by molar-refractivity contribution is 6.07. The van der Waals surface area contributed by atoms with Crippen molar-refractivity contribution in [3.63, 3.8) is 0 Å². The van der Waals surface area contributed by atoms with Crippen LogP contribution in [0.3, 0.4) is 0 Å². The van der Waals surface area contributed by atoms with E-state index in [1.165, 1.54) is 0 Å². The number of benzene rings is 2. The lowest BCUT2D eigenvalue weighted by Gasteiger charge is -1.98. The van der Waals surface area contributed by atoms with Crippen LogP contribution in [0.4, 0.5) is 0 Å². The molecule has 4 heteroatoms. The molecule has 0 bridgehead atoms. The third-order valence-corrected chi connectivity index (χ3v) is 3.06. The van der Waals surface area contributed by atoms with Crippen LogP contribution < -0.4 is 0 Å². The molecule has 2 aromatic carbocycles. The van der Waals surface area contributed by atoms with Gasteiger partial charge in [0.25, 0.3) is 0 Å². The summed E-state index contributed by atoms with van der Waals surface area (Å²) in [6.45, 7) is 1.99. The Hall–Kier alpha value is -2.75. The molecule has 0 spiro atoms. The quantitative estimate of drug-likeness (QED) is 0.683. The Labute approximate surface area is 116 Å². The van der Waals surface area contributed by atoms with Gasteiger partial charge in [-0.1, -0.05) is 53.2 Å². The lowest BCUT2D eigenvalue weighted by molar-refractivity contribution is 0.103. The van der Waals surface area contributed by atoms with Gasteiger partial charge in [-0.2, -0.15) is 0 Å². The van der Waals surface area contributed by atoms with E-state index in [-0.39, 0.29) is 5.78 Å². The molecule has 3 rings (SSSR count). The van der Waals surface area contributed by atoms with E-state index in [1.54, 1.807) is 23.0 Å². The summed E-state index contributed by atoms with van der Waals surface area (Å²) >= 11 is 0. The molecule has 0 fully saturated rings. The SMILES string of the molecule is Cc1ccc(C(=O)c2cn(-c3ccccc3)nn2)cc1. The van der Waals surface area contributed by atoms with Crippen molar-refractivity contribution in [2.75, 3.05) is 0 Å². The Morgan fingerprint density at radius 2 is 1.70 bits per heavy atom. The Bertz CT molecular complexity index is 730. The zero-order chi connectivity index (χ0) is 13.9. The van der Waals surface area contributed by atoms with Gasteiger partial charge in [0.05, 0.1) is 11.9 Å². The van der Waals surface area contributed by atoms with Gasteiger partial charge in [0, 0.05) is 5.56 Å². The standard InChI is InChI=1S/C16H13N3O/c1-12-7-9-13(10-8-12)16(20)15-11-19(18-17-15)14-5-3-2-4-6-14/h2-11H,1H3. The van der Waals surface area contributed by atoms with Crippen LogP contribution in [-0.4, -0.2) is 20.8 Å². The number of carbonyl (C=O) groups is 1. The van der Waals surface area contributed by atoms with Crippen molar-refractivity contribution in [1.29, 1.82) is 0 Å². The van der Waals surface area contributed by atoms with Gasteiger partial charge < -0.3 is 0 Å². The minimum absolute atomic E-state index is 0.118. The van der Waals surface area contributed by atoms with Crippen LogP contribution in [0.15, 0.2) is 60.8 Å². The molecule has 0 saturated heterocycles. The number of carbonyl (C=O) groups excluding carboxylic acids is 1. The van der Waals surface area contributed by atoms with Gasteiger partial charge in [-0.3, -0.25) is 4.79 Å². The topological polar surface area (TPSA) is 47.8 Å². The molecule has 0 saturated carbocycles. The molecule has 0 aliphatic heterocycles. The Morgan fingerprint density at radius 1 is 1.00 bits per heavy atom. The summed E-state index contributed by atoms with van der Waals surface area (Å²) in [5.74, 6) is -0.118. The summed E-state index contributed by atoms with van der Waals surface area (Å²) in [6.07, 6.45) is 1.65. The van der Waals surface area contributed by atoms with Gasteiger partial charge in [-0.05, 0) is 19.1 Å². The summed E-state index contributed by atoms with van der Waals surface area (Å²) in [4.78, 5) is 12.3. The normalized spacial score (nSPS) is 10.4. The molecule has 0 unspecified atom stereocenters. The molecular weight excluding hydrogens is 250 g/mol. The number of para-hydroxylation sites is 1. The zero-order valence-corrected chi connectivity index (χ0v) is 11.0. The number of nitrogens with zero attached hydrogens (tertiary/aromatic N) is 3. The largest absolute Gasteiger partial charge is 0.287 e.